The average molecular weight is 318 g/mol. The van der Waals surface area contributed by atoms with E-state index >= 15 is 0 Å². The number of nitrogens with one attached hydrogen (secondary N) is 1. The molecule has 1 aromatic carbocycles. The molecule has 0 amide bonds. The van der Waals surface area contributed by atoms with E-state index in [1.165, 1.54) is 33.0 Å². The van der Waals surface area contributed by atoms with Crippen LogP contribution in [0.5, 0.6) is 0 Å². The second-order valence-electron chi connectivity index (χ2n) is 4.51. The first-order valence-electron chi connectivity index (χ1n) is 6.53. The van der Waals surface area contributed by atoms with Crippen LogP contribution in [0, 0.1) is 0 Å². The van der Waals surface area contributed by atoms with Crippen molar-refractivity contribution in [3.8, 4) is 0 Å². The molecular weight excluding hydrogens is 304 g/mol. The lowest BCUT2D eigenvalue weighted by Gasteiger charge is -2.11. The zero-order valence-corrected chi connectivity index (χ0v) is 13.0. The van der Waals surface area contributed by atoms with Crippen LogP contribution in [0.1, 0.15) is 6.92 Å². The molecule has 0 aliphatic carbocycles. The highest BCUT2D eigenvalue weighted by atomic mass is 32.2. The molecule has 0 spiro atoms. The molecule has 0 saturated heterocycles. The van der Waals surface area contributed by atoms with E-state index in [9.17, 15) is 4.79 Å². The number of fused-ring (bicyclic) bond motifs is 1. The Labute approximate surface area is 130 Å². The molecule has 108 valence electrons. The highest BCUT2D eigenvalue weighted by Crippen LogP contribution is 2.23. The second kappa shape index (κ2) is 6.28. The van der Waals surface area contributed by atoms with Gasteiger partial charge in [-0.15, -0.1) is 16.9 Å². The van der Waals surface area contributed by atoms with E-state index in [0.717, 1.165) is 6.54 Å². The minimum atomic E-state index is -0.156. The minimum Gasteiger partial charge on any atom is -0.359 e. The average Bonchev–Trinajstić information content (AvgIpc) is 2.91. The summed E-state index contributed by atoms with van der Waals surface area (Å²) in [6.45, 7) is 2.93. The first-order chi connectivity index (χ1) is 10.2. The maximum absolute atomic E-state index is 11.6. The summed E-state index contributed by atoms with van der Waals surface area (Å²) in [4.78, 5) is 17.6. The molecule has 3 aromatic rings. The van der Waals surface area contributed by atoms with Crippen molar-refractivity contribution in [3.05, 3.63) is 52.9 Å². The van der Waals surface area contributed by atoms with Gasteiger partial charge in [-0.1, -0.05) is 36.5 Å². The fourth-order valence-electron chi connectivity index (χ4n) is 1.82. The van der Waals surface area contributed by atoms with Gasteiger partial charge in [-0.2, -0.15) is 4.52 Å². The molecule has 3 rings (SSSR count). The van der Waals surface area contributed by atoms with Crippen molar-refractivity contribution < 1.29 is 0 Å². The summed E-state index contributed by atoms with van der Waals surface area (Å²) in [5.41, 5.74) is -0.156. The Morgan fingerprint density at radius 3 is 2.90 bits per heavy atom. The summed E-state index contributed by atoms with van der Waals surface area (Å²) in [5.74, 6) is 0. The van der Waals surface area contributed by atoms with Crippen LogP contribution in [-0.4, -0.2) is 26.4 Å². The van der Waals surface area contributed by atoms with Gasteiger partial charge < -0.3 is 5.32 Å². The Hall–Kier alpha value is -1.86. The van der Waals surface area contributed by atoms with Crippen molar-refractivity contribution in [2.24, 2.45) is 0 Å². The molecule has 1 atom stereocenters. The standard InChI is InChI=1S/C14H14N4OS2/c1-10(20-11-5-3-2-4-6-11)9-16-13-17-18-12(19)7-8-15-14(18)21-13/h2-8,10H,9H2,1H3,(H,16,17). The lowest BCUT2D eigenvalue weighted by atomic mass is 10.4. The maximum atomic E-state index is 11.6. The van der Waals surface area contributed by atoms with E-state index in [2.05, 4.69) is 34.5 Å². The zero-order chi connectivity index (χ0) is 14.7. The molecule has 5 nitrogen and oxygen atoms in total. The summed E-state index contributed by atoms with van der Waals surface area (Å²) in [6.07, 6.45) is 1.51. The summed E-state index contributed by atoms with van der Waals surface area (Å²) in [6, 6.07) is 11.7. The minimum absolute atomic E-state index is 0.156. The first kappa shape index (κ1) is 14.1. The van der Waals surface area contributed by atoms with Crippen LogP contribution in [0.4, 0.5) is 5.13 Å². The number of nitrogens with zero attached hydrogens (tertiary/aromatic N) is 3. The van der Waals surface area contributed by atoms with Crippen LogP contribution in [0.3, 0.4) is 0 Å². The monoisotopic (exact) mass is 318 g/mol. The van der Waals surface area contributed by atoms with E-state index in [1.54, 1.807) is 11.8 Å². The molecule has 0 fully saturated rings. The van der Waals surface area contributed by atoms with Gasteiger partial charge in [0.15, 0.2) is 0 Å². The van der Waals surface area contributed by atoms with Gasteiger partial charge in [0.05, 0.1) is 0 Å². The van der Waals surface area contributed by atoms with Crippen molar-refractivity contribution in [1.82, 2.24) is 14.6 Å². The normalized spacial score (nSPS) is 12.4. The van der Waals surface area contributed by atoms with E-state index in [0.29, 0.717) is 15.3 Å². The number of aromatic nitrogens is 3. The van der Waals surface area contributed by atoms with Gasteiger partial charge >= 0.3 is 0 Å². The predicted octanol–water partition coefficient (Wildman–Crippen LogP) is 2.74. The van der Waals surface area contributed by atoms with Crippen molar-refractivity contribution in [2.75, 3.05) is 11.9 Å². The Bertz CT molecular complexity index is 784. The number of thioether (sulfide) groups is 1. The summed E-state index contributed by atoms with van der Waals surface area (Å²) in [7, 11) is 0. The van der Waals surface area contributed by atoms with E-state index in [-0.39, 0.29) is 5.56 Å². The lowest BCUT2D eigenvalue weighted by Crippen LogP contribution is -2.15. The number of anilines is 1. The SMILES string of the molecule is CC(CNc1nn2c(=O)ccnc2s1)Sc1ccccc1. The molecule has 0 bridgehead atoms. The number of benzene rings is 1. The lowest BCUT2D eigenvalue weighted by molar-refractivity contribution is 0.890. The second-order valence-corrected chi connectivity index (χ2v) is 6.97. The molecule has 2 heterocycles. The van der Waals surface area contributed by atoms with Gasteiger partial charge in [-0.05, 0) is 12.1 Å². The molecule has 2 aromatic heterocycles. The van der Waals surface area contributed by atoms with Gasteiger partial charge in [0, 0.05) is 29.0 Å². The Balaban J connectivity index is 1.63. The van der Waals surface area contributed by atoms with Crippen molar-refractivity contribution in [2.45, 2.75) is 17.1 Å². The Morgan fingerprint density at radius 1 is 1.33 bits per heavy atom. The van der Waals surface area contributed by atoms with Crippen LogP contribution >= 0.6 is 23.1 Å². The third-order valence-corrected chi connectivity index (χ3v) is 4.79. The van der Waals surface area contributed by atoms with Crippen LogP contribution in [0.15, 0.2) is 52.3 Å². The van der Waals surface area contributed by atoms with Crippen LogP contribution in [0.2, 0.25) is 0 Å². The third kappa shape index (κ3) is 3.43. The van der Waals surface area contributed by atoms with Gasteiger partial charge in [0.2, 0.25) is 10.1 Å². The topological polar surface area (TPSA) is 59.3 Å². The van der Waals surface area contributed by atoms with Crippen LogP contribution in [-0.2, 0) is 0 Å². The molecule has 7 heteroatoms. The van der Waals surface area contributed by atoms with E-state index in [4.69, 9.17) is 0 Å². The molecular formula is C14H14N4OS2. The summed E-state index contributed by atoms with van der Waals surface area (Å²) < 4.78 is 1.32. The van der Waals surface area contributed by atoms with E-state index < -0.39 is 0 Å². The maximum Gasteiger partial charge on any atom is 0.275 e. The summed E-state index contributed by atoms with van der Waals surface area (Å²) in [5, 5.41) is 8.61. The fraction of sp³-hybridized carbons (Fsp3) is 0.214. The van der Waals surface area contributed by atoms with Crippen molar-refractivity contribution in [1.29, 1.82) is 0 Å². The highest BCUT2D eigenvalue weighted by molar-refractivity contribution is 8.00. The van der Waals surface area contributed by atoms with Gasteiger partial charge in [-0.25, -0.2) is 4.98 Å². The van der Waals surface area contributed by atoms with Crippen molar-refractivity contribution >= 4 is 33.2 Å². The van der Waals surface area contributed by atoms with E-state index in [1.807, 2.05) is 18.2 Å². The molecule has 0 aliphatic rings. The first-order valence-corrected chi connectivity index (χ1v) is 8.22. The van der Waals surface area contributed by atoms with Gasteiger partial charge in [-0.3, -0.25) is 4.79 Å². The highest BCUT2D eigenvalue weighted by Gasteiger charge is 2.08. The number of hydrogen-bond acceptors (Lipinski definition) is 6. The third-order valence-electron chi connectivity index (χ3n) is 2.79. The molecule has 0 saturated carbocycles. The molecule has 0 radical (unpaired) electrons. The summed E-state index contributed by atoms with van der Waals surface area (Å²) >= 11 is 3.18. The smallest absolute Gasteiger partial charge is 0.275 e. The quantitative estimate of drug-likeness (QED) is 0.733. The molecule has 1 unspecified atom stereocenters. The van der Waals surface area contributed by atoms with Gasteiger partial charge in [0.25, 0.3) is 5.56 Å². The fourth-order valence-corrected chi connectivity index (χ4v) is 3.55. The van der Waals surface area contributed by atoms with Gasteiger partial charge in [0.1, 0.15) is 0 Å². The Kier molecular flexibility index (Phi) is 4.21. The largest absolute Gasteiger partial charge is 0.359 e. The van der Waals surface area contributed by atoms with Crippen LogP contribution < -0.4 is 10.9 Å². The molecule has 21 heavy (non-hydrogen) atoms. The van der Waals surface area contributed by atoms with Crippen LogP contribution in [0.25, 0.3) is 4.96 Å². The number of rotatable bonds is 5. The predicted molar refractivity (Wildman–Crippen MR) is 87.4 cm³/mol. The zero-order valence-electron chi connectivity index (χ0n) is 11.4. The Morgan fingerprint density at radius 2 is 2.14 bits per heavy atom. The molecule has 0 aliphatic heterocycles. The number of hydrogen-bond donors (Lipinski definition) is 1. The molecule has 1 N–H and O–H groups in total. The van der Waals surface area contributed by atoms with Crippen molar-refractivity contribution in [3.63, 3.8) is 0 Å².